The maximum absolute atomic E-state index is 13.0. The van der Waals surface area contributed by atoms with Crippen molar-refractivity contribution in [3.05, 3.63) is 48.0 Å². The van der Waals surface area contributed by atoms with Crippen LogP contribution in [-0.2, 0) is 19.1 Å². The fraction of sp³-hybridized carbons (Fsp3) is 0.481. The molecule has 0 radical (unpaired) electrons. The highest BCUT2D eigenvalue weighted by atomic mass is 16.7. The number of likely N-dealkylation sites (tertiary alicyclic amines) is 1. The molecular weight excluding hydrogens is 480 g/mol. The van der Waals surface area contributed by atoms with Crippen LogP contribution in [0.4, 0.5) is 0 Å². The van der Waals surface area contributed by atoms with Gasteiger partial charge in [-0.2, -0.15) is 0 Å². The molecule has 1 saturated heterocycles. The van der Waals surface area contributed by atoms with Crippen LogP contribution in [0, 0.1) is 0 Å². The molecule has 1 fully saturated rings. The number of carbonyl (C=O) groups excluding carboxylic acids is 2. The summed E-state index contributed by atoms with van der Waals surface area (Å²) in [6.45, 7) is 2.57. The average Bonchev–Trinajstić information content (AvgIpc) is 3.60. The second kappa shape index (κ2) is 13.2. The summed E-state index contributed by atoms with van der Waals surface area (Å²) in [6.07, 6.45) is 1.76. The van der Waals surface area contributed by atoms with Crippen molar-refractivity contribution in [2.45, 2.75) is 31.4 Å². The van der Waals surface area contributed by atoms with Gasteiger partial charge in [0.1, 0.15) is 24.2 Å². The van der Waals surface area contributed by atoms with E-state index in [1.54, 1.807) is 31.4 Å². The second-order valence-corrected chi connectivity index (χ2v) is 8.88. The molecule has 10 nitrogen and oxygen atoms in total. The molecule has 0 unspecified atom stereocenters. The first-order chi connectivity index (χ1) is 18.1. The van der Waals surface area contributed by atoms with E-state index in [2.05, 4.69) is 10.2 Å². The summed E-state index contributed by atoms with van der Waals surface area (Å²) in [4.78, 5) is 27.2. The number of hydrogen-bond donors (Lipinski definition) is 1. The lowest BCUT2D eigenvalue weighted by molar-refractivity contribution is -0.149. The molecule has 2 aliphatic rings. The molecule has 0 bridgehead atoms. The van der Waals surface area contributed by atoms with Gasteiger partial charge in [0.25, 0.3) is 0 Å². The fourth-order valence-electron chi connectivity index (χ4n) is 4.42. The molecule has 0 spiro atoms. The summed E-state index contributed by atoms with van der Waals surface area (Å²) in [5.74, 6) is 1.96. The van der Waals surface area contributed by atoms with Gasteiger partial charge < -0.3 is 38.6 Å². The van der Waals surface area contributed by atoms with Crippen molar-refractivity contribution in [3.63, 3.8) is 0 Å². The van der Waals surface area contributed by atoms with E-state index in [1.165, 1.54) is 7.11 Å². The summed E-state index contributed by atoms with van der Waals surface area (Å²) in [7, 11) is 2.91. The lowest BCUT2D eigenvalue weighted by atomic mass is 10.0. The van der Waals surface area contributed by atoms with Crippen LogP contribution in [0.15, 0.2) is 42.5 Å². The molecule has 4 rings (SSSR count). The van der Waals surface area contributed by atoms with Crippen LogP contribution < -0.4 is 24.3 Å². The number of rotatable bonds is 13. The van der Waals surface area contributed by atoms with Crippen molar-refractivity contribution < 1.29 is 38.0 Å². The van der Waals surface area contributed by atoms with E-state index in [0.29, 0.717) is 23.8 Å². The lowest BCUT2D eigenvalue weighted by Gasteiger charge is -2.31. The van der Waals surface area contributed by atoms with Crippen LogP contribution in [0.2, 0.25) is 0 Å². The number of nitrogens with one attached hydrogen (secondary N) is 1. The van der Waals surface area contributed by atoms with E-state index < -0.39 is 18.1 Å². The molecule has 0 aromatic heterocycles. The van der Waals surface area contributed by atoms with Gasteiger partial charge in [-0.25, -0.2) is 4.79 Å². The Morgan fingerprint density at radius 2 is 1.73 bits per heavy atom. The van der Waals surface area contributed by atoms with Crippen molar-refractivity contribution in [1.82, 2.24) is 10.2 Å². The molecule has 2 aliphatic heterocycles. The van der Waals surface area contributed by atoms with Crippen LogP contribution in [0.3, 0.4) is 0 Å². The molecule has 1 N–H and O–H groups in total. The van der Waals surface area contributed by atoms with Gasteiger partial charge >= 0.3 is 5.97 Å². The van der Waals surface area contributed by atoms with Crippen LogP contribution in [-0.4, -0.2) is 76.7 Å². The Labute approximate surface area is 216 Å². The fourth-order valence-corrected chi connectivity index (χ4v) is 4.42. The number of esters is 1. The number of amides is 1. The number of fused-ring (bicyclic) bond motifs is 1. The van der Waals surface area contributed by atoms with Gasteiger partial charge in [-0.15, -0.1) is 0 Å². The van der Waals surface area contributed by atoms with E-state index in [-0.39, 0.29) is 32.3 Å². The SMILES string of the molecule is COC(=O)CO[C@H](c1ccc2c(c1)OCO2)[C@@H](CN1CCCC1)NC(=O)CCOc1ccc(OC)cc1. The zero-order chi connectivity index (χ0) is 26.0. The number of hydrogen-bond acceptors (Lipinski definition) is 9. The Morgan fingerprint density at radius 1 is 1.00 bits per heavy atom. The highest BCUT2D eigenvalue weighted by molar-refractivity contribution is 5.76. The number of ether oxygens (including phenoxy) is 6. The molecule has 2 aromatic carbocycles. The number of methoxy groups -OCH3 is 2. The Kier molecular flexibility index (Phi) is 9.45. The standard InChI is InChI=1S/C27H34N2O8/c1-32-20-6-8-21(9-7-20)34-14-11-25(30)28-22(16-29-12-3-4-13-29)27(35-17-26(31)33-2)19-5-10-23-24(15-19)37-18-36-23/h5-10,15,22,27H,3-4,11-14,16-18H2,1-2H3,(H,28,30)/t22-,27-/m1/s1. The van der Waals surface area contributed by atoms with E-state index in [4.69, 9.17) is 28.4 Å². The summed E-state index contributed by atoms with van der Waals surface area (Å²) in [6, 6.07) is 12.3. The molecule has 200 valence electrons. The normalized spacial score (nSPS) is 16.2. The molecule has 37 heavy (non-hydrogen) atoms. The largest absolute Gasteiger partial charge is 0.497 e. The second-order valence-electron chi connectivity index (χ2n) is 8.88. The summed E-state index contributed by atoms with van der Waals surface area (Å²) in [5, 5.41) is 3.13. The van der Waals surface area contributed by atoms with Crippen LogP contribution in [0.5, 0.6) is 23.0 Å². The maximum Gasteiger partial charge on any atom is 0.331 e. The van der Waals surface area contributed by atoms with E-state index in [1.807, 2.05) is 18.2 Å². The molecule has 2 heterocycles. The Bertz CT molecular complexity index is 1040. The van der Waals surface area contributed by atoms with E-state index >= 15 is 0 Å². The van der Waals surface area contributed by atoms with Crippen molar-refractivity contribution in [1.29, 1.82) is 0 Å². The quantitative estimate of drug-likeness (QED) is 0.404. The minimum atomic E-state index is -0.611. The lowest BCUT2D eigenvalue weighted by Crippen LogP contribution is -2.48. The van der Waals surface area contributed by atoms with Gasteiger partial charge in [-0.05, 0) is 67.9 Å². The molecule has 0 aliphatic carbocycles. The van der Waals surface area contributed by atoms with Crippen molar-refractivity contribution in [2.75, 3.05) is 53.9 Å². The van der Waals surface area contributed by atoms with E-state index in [0.717, 1.165) is 37.2 Å². The smallest absolute Gasteiger partial charge is 0.331 e. The third-order valence-electron chi connectivity index (χ3n) is 6.36. The molecule has 2 aromatic rings. The predicted octanol–water partition coefficient (Wildman–Crippen LogP) is 2.70. The van der Waals surface area contributed by atoms with Crippen molar-refractivity contribution in [2.24, 2.45) is 0 Å². The Hall–Kier alpha value is -3.50. The van der Waals surface area contributed by atoms with Crippen molar-refractivity contribution >= 4 is 11.9 Å². The average molecular weight is 515 g/mol. The molecule has 1 amide bonds. The number of carbonyl (C=O) groups is 2. The molecular formula is C27H34N2O8. The van der Waals surface area contributed by atoms with Gasteiger partial charge in [0.05, 0.1) is 33.3 Å². The molecule has 0 saturated carbocycles. The zero-order valence-corrected chi connectivity index (χ0v) is 21.3. The van der Waals surface area contributed by atoms with Gasteiger partial charge in [-0.3, -0.25) is 4.79 Å². The highest BCUT2D eigenvalue weighted by Gasteiger charge is 2.31. The van der Waals surface area contributed by atoms with Gasteiger partial charge in [-0.1, -0.05) is 6.07 Å². The topological polar surface area (TPSA) is 105 Å². The van der Waals surface area contributed by atoms with Crippen LogP contribution in [0.1, 0.15) is 30.9 Å². The van der Waals surface area contributed by atoms with Crippen molar-refractivity contribution in [3.8, 4) is 23.0 Å². The third-order valence-corrected chi connectivity index (χ3v) is 6.36. The Morgan fingerprint density at radius 3 is 2.46 bits per heavy atom. The van der Waals surface area contributed by atoms with E-state index in [9.17, 15) is 9.59 Å². The maximum atomic E-state index is 13.0. The molecule has 2 atom stereocenters. The predicted molar refractivity (Wildman–Crippen MR) is 134 cm³/mol. The monoisotopic (exact) mass is 514 g/mol. The number of nitrogens with zero attached hydrogens (tertiary/aromatic N) is 1. The minimum absolute atomic E-state index is 0.147. The Balaban J connectivity index is 1.46. The molecule has 10 heteroatoms. The number of benzene rings is 2. The first kappa shape index (κ1) is 26.6. The third kappa shape index (κ3) is 7.50. The van der Waals surface area contributed by atoms with Gasteiger partial charge in [0, 0.05) is 6.54 Å². The summed E-state index contributed by atoms with van der Waals surface area (Å²) in [5.41, 5.74) is 0.770. The first-order valence-electron chi connectivity index (χ1n) is 12.4. The van der Waals surface area contributed by atoms with Crippen LogP contribution >= 0.6 is 0 Å². The van der Waals surface area contributed by atoms with Gasteiger partial charge in [0.15, 0.2) is 11.5 Å². The minimum Gasteiger partial charge on any atom is -0.497 e. The zero-order valence-electron chi connectivity index (χ0n) is 21.3. The first-order valence-corrected chi connectivity index (χ1v) is 12.4. The summed E-state index contributed by atoms with van der Waals surface area (Å²) < 4.78 is 32.7. The summed E-state index contributed by atoms with van der Waals surface area (Å²) >= 11 is 0. The van der Waals surface area contributed by atoms with Gasteiger partial charge in [0.2, 0.25) is 12.7 Å². The van der Waals surface area contributed by atoms with Crippen LogP contribution in [0.25, 0.3) is 0 Å². The highest BCUT2D eigenvalue weighted by Crippen LogP contribution is 2.36.